The molecule has 0 aliphatic carbocycles. The Morgan fingerprint density at radius 1 is 1.21 bits per heavy atom. The van der Waals surface area contributed by atoms with E-state index in [1.54, 1.807) is 11.8 Å². The summed E-state index contributed by atoms with van der Waals surface area (Å²) < 4.78 is 5.65. The number of anilines is 2. The quantitative estimate of drug-likeness (QED) is 0.724. The number of carbonyl (C=O) groups excluding carboxylic acids is 2. The van der Waals surface area contributed by atoms with Gasteiger partial charge in [-0.15, -0.1) is 0 Å². The zero-order valence-electron chi connectivity index (χ0n) is 16.6. The van der Waals surface area contributed by atoms with Crippen molar-refractivity contribution in [2.75, 3.05) is 29.9 Å². The number of hydrogen-bond acceptors (Lipinski definition) is 4. The number of amides is 2. The van der Waals surface area contributed by atoms with Crippen molar-refractivity contribution < 1.29 is 14.3 Å². The molecule has 0 fully saturated rings. The predicted octanol–water partition coefficient (Wildman–Crippen LogP) is 2.90. The molecule has 0 radical (unpaired) electrons. The zero-order valence-corrected chi connectivity index (χ0v) is 16.6. The lowest BCUT2D eigenvalue weighted by Crippen LogP contribution is -2.39. The van der Waals surface area contributed by atoms with Crippen LogP contribution in [-0.4, -0.2) is 37.6 Å². The van der Waals surface area contributed by atoms with Gasteiger partial charge in [-0.2, -0.15) is 0 Å². The molecule has 2 amide bonds. The van der Waals surface area contributed by atoms with Gasteiger partial charge >= 0.3 is 0 Å². The summed E-state index contributed by atoms with van der Waals surface area (Å²) >= 11 is 0. The SMILES string of the molecule is CC(=O)N1CCc2cc(NC(C)C(=O)NCCOc3cccc(C)c3)ccc21. The summed E-state index contributed by atoms with van der Waals surface area (Å²) in [6.07, 6.45) is 0.835. The molecule has 1 aliphatic rings. The Morgan fingerprint density at radius 3 is 2.79 bits per heavy atom. The molecule has 148 valence electrons. The summed E-state index contributed by atoms with van der Waals surface area (Å²) in [6, 6.07) is 13.3. The molecule has 2 N–H and O–H groups in total. The standard InChI is InChI=1S/C22H27N3O3/c1-15-5-4-6-20(13-15)28-12-10-23-22(27)16(2)24-19-7-8-21-18(14-19)9-11-25(21)17(3)26/h4-8,13-14,16,24H,9-12H2,1-3H3,(H,23,27). The Hall–Kier alpha value is -3.02. The molecule has 2 aromatic carbocycles. The van der Waals surface area contributed by atoms with Gasteiger partial charge in [-0.05, 0) is 61.7 Å². The molecule has 1 aliphatic heterocycles. The van der Waals surface area contributed by atoms with E-state index in [-0.39, 0.29) is 17.9 Å². The second kappa shape index (κ2) is 8.78. The summed E-state index contributed by atoms with van der Waals surface area (Å²) in [7, 11) is 0. The molecule has 0 bridgehead atoms. The van der Waals surface area contributed by atoms with E-state index >= 15 is 0 Å². The van der Waals surface area contributed by atoms with Crippen LogP contribution in [0.1, 0.15) is 25.0 Å². The molecule has 6 nitrogen and oxygen atoms in total. The third-order valence-corrected chi connectivity index (χ3v) is 4.79. The Balaban J connectivity index is 1.46. The first kappa shape index (κ1) is 19.7. The fourth-order valence-corrected chi connectivity index (χ4v) is 3.34. The van der Waals surface area contributed by atoms with E-state index in [2.05, 4.69) is 10.6 Å². The number of carbonyl (C=O) groups is 2. The molecule has 0 saturated heterocycles. The lowest BCUT2D eigenvalue weighted by Gasteiger charge is -2.18. The molecule has 0 aromatic heterocycles. The number of nitrogens with zero attached hydrogens (tertiary/aromatic N) is 1. The number of ether oxygens (including phenoxy) is 1. The van der Waals surface area contributed by atoms with Crippen molar-refractivity contribution in [1.29, 1.82) is 0 Å². The molecule has 1 atom stereocenters. The summed E-state index contributed by atoms with van der Waals surface area (Å²) in [5.41, 5.74) is 4.10. The van der Waals surface area contributed by atoms with Crippen molar-refractivity contribution in [3.05, 3.63) is 53.6 Å². The van der Waals surface area contributed by atoms with Crippen molar-refractivity contribution in [3.63, 3.8) is 0 Å². The van der Waals surface area contributed by atoms with Crippen molar-refractivity contribution in [2.45, 2.75) is 33.2 Å². The van der Waals surface area contributed by atoms with E-state index in [1.165, 1.54) is 0 Å². The zero-order chi connectivity index (χ0) is 20.1. The number of fused-ring (bicyclic) bond motifs is 1. The summed E-state index contributed by atoms with van der Waals surface area (Å²) in [4.78, 5) is 25.7. The lowest BCUT2D eigenvalue weighted by atomic mass is 10.1. The van der Waals surface area contributed by atoms with Crippen LogP contribution in [0.4, 0.5) is 11.4 Å². The van der Waals surface area contributed by atoms with Crippen molar-refractivity contribution in [1.82, 2.24) is 5.32 Å². The maximum atomic E-state index is 12.3. The van der Waals surface area contributed by atoms with Crippen LogP contribution < -0.4 is 20.3 Å². The van der Waals surface area contributed by atoms with E-state index in [9.17, 15) is 9.59 Å². The van der Waals surface area contributed by atoms with Gasteiger partial charge < -0.3 is 20.3 Å². The average Bonchev–Trinajstić information content (AvgIpc) is 3.08. The normalized spacial score (nSPS) is 13.6. The fraction of sp³-hybridized carbons (Fsp3) is 0.364. The molecule has 1 unspecified atom stereocenters. The first-order valence-corrected chi connectivity index (χ1v) is 9.59. The molecular weight excluding hydrogens is 354 g/mol. The largest absolute Gasteiger partial charge is 0.492 e. The van der Waals surface area contributed by atoms with Gasteiger partial charge in [0.15, 0.2) is 0 Å². The van der Waals surface area contributed by atoms with Gasteiger partial charge in [0.25, 0.3) is 0 Å². The number of hydrogen-bond donors (Lipinski definition) is 2. The van der Waals surface area contributed by atoms with Crippen LogP contribution in [0.3, 0.4) is 0 Å². The van der Waals surface area contributed by atoms with Crippen LogP contribution in [0.15, 0.2) is 42.5 Å². The summed E-state index contributed by atoms with van der Waals surface area (Å²) in [5.74, 6) is 0.775. The number of rotatable bonds is 7. The van der Waals surface area contributed by atoms with Crippen molar-refractivity contribution in [3.8, 4) is 5.75 Å². The fourth-order valence-electron chi connectivity index (χ4n) is 3.34. The molecule has 1 heterocycles. The smallest absolute Gasteiger partial charge is 0.242 e. The molecule has 0 spiro atoms. The minimum Gasteiger partial charge on any atom is -0.492 e. The first-order valence-electron chi connectivity index (χ1n) is 9.59. The number of benzene rings is 2. The highest BCUT2D eigenvalue weighted by atomic mass is 16.5. The van der Waals surface area contributed by atoms with Crippen molar-refractivity contribution in [2.24, 2.45) is 0 Å². The van der Waals surface area contributed by atoms with Crippen LogP contribution in [0.5, 0.6) is 5.75 Å². The van der Waals surface area contributed by atoms with Crippen LogP contribution in [-0.2, 0) is 16.0 Å². The van der Waals surface area contributed by atoms with E-state index in [1.807, 2.05) is 56.3 Å². The molecular formula is C22H27N3O3. The van der Waals surface area contributed by atoms with E-state index in [0.29, 0.717) is 19.7 Å². The van der Waals surface area contributed by atoms with E-state index in [4.69, 9.17) is 4.74 Å². The minimum atomic E-state index is -0.373. The van der Waals surface area contributed by atoms with Gasteiger partial charge in [-0.25, -0.2) is 0 Å². The van der Waals surface area contributed by atoms with E-state index in [0.717, 1.165) is 34.7 Å². The summed E-state index contributed by atoms with van der Waals surface area (Å²) in [6.45, 7) is 6.99. The Bertz CT molecular complexity index is 866. The van der Waals surface area contributed by atoms with Crippen LogP contribution in [0.25, 0.3) is 0 Å². The Morgan fingerprint density at radius 2 is 2.04 bits per heavy atom. The lowest BCUT2D eigenvalue weighted by molar-refractivity contribution is -0.121. The maximum absolute atomic E-state index is 12.3. The highest BCUT2D eigenvalue weighted by Crippen LogP contribution is 2.30. The molecule has 3 rings (SSSR count). The molecule has 0 saturated carbocycles. The second-order valence-electron chi connectivity index (χ2n) is 7.09. The average molecular weight is 381 g/mol. The van der Waals surface area contributed by atoms with Gasteiger partial charge in [0.2, 0.25) is 11.8 Å². The Labute approximate surface area is 165 Å². The first-order chi connectivity index (χ1) is 13.4. The van der Waals surface area contributed by atoms with Gasteiger partial charge in [-0.3, -0.25) is 9.59 Å². The minimum absolute atomic E-state index is 0.0556. The maximum Gasteiger partial charge on any atom is 0.242 e. The van der Waals surface area contributed by atoms with Crippen LogP contribution >= 0.6 is 0 Å². The highest BCUT2D eigenvalue weighted by Gasteiger charge is 2.22. The summed E-state index contributed by atoms with van der Waals surface area (Å²) in [5, 5.41) is 6.11. The third-order valence-electron chi connectivity index (χ3n) is 4.79. The third kappa shape index (κ3) is 4.82. The highest BCUT2D eigenvalue weighted by molar-refractivity contribution is 5.94. The second-order valence-corrected chi connectivity index (χ2v) is 7.09. The monoisotopic (exact) mass is 381 g/mol. The Kier molecular flexibility index (Phi) is 6.19. The van der Waals surface area contributed by atoms with Crippen molar-refractivity contribution >= 4 is 23.2 Å². The molecule has 6 heteroatoms. The topological polar surface area (TPSA) is 70.7 Å². The number of nitrogens with one attached hydrogen (secondary N) is 2. The van der Waals surface area contributed by atoms with Crippen LogP contribution in [0.2, 0.25) is 0 Å². The van der Waals surface area contributed by atoms with Crippen LogP contribution in [0, 0.1) is 6.92 Å². The van der Waals surface area contributed by atoms with Gasteiger partial charge in [0.05, 0.1) is 6.54 Å². The number of aryl methyl sites for hydroxylation is 1. The van der Waals surface area contributed by atoms with Gasteiger partial charge in [0, 0.05) is 24.8 Å². The molecule has 28 heavy (non-hydrogen) atoms. The van der Waals surface area contributed by atoms with E-state index < -0.39 is 0 Å². The van der Waals surface area contributed by atoms with Gasteiger partial charge in [0.1, 0.15) is 18.4 Å². The van der Waals surface area contributed by atoms with Gasteiger partial charge in [-0.1, -0.05) is 12.1 Å². The molecule has 2 aromatic rings. The predicted molar refractivity (Wildman–Crippen MR) is 111 cm³/mol.